The molecule has 1 aromatic heterocycles. The lowest BCUT2D eigenvalue weighted by Gasteiger charge is -2.21. The Hall–Kier alpha value is -1.36. The molecule has 1 atom stereocenters. The maximum Gasteiger partial charge on any atom is 0.229 e. The highest BCUT2D eigenvalue weighted by atomic mass is 16.2. The molecule has 0 aromatic carbocycles. The van der Waals surface area contributed by atoms with E-state index in [0.717, 1.165) is 31.6 Å². The quantitative estimate of drug-likeness (QED) is 0.668. The number of hydrogen-bond donors (Lipinski definition) is 3. The molecule has 5 nitrogen and oxygen atoms in total. The van der Waals surface area contributed by atoms with Crippen molar-refractivity contribution in [3.8, 4) is 0 Å². The minimum absolute atomic E-state index is 0.0636. The Bertz CT molecular complexity index is 341. The van der Waals surface area contributed by atoms with Crippen molar-refractivity contribution in [2.24, 2.45) is 5.92 Å². The number of rotatable bonds is 2. The molecule has 3 N–H and O–H groups in total. The minimum Gasteiger partial charge on any atom is -0.316 e. The third kappa shape index (κ3) is 2.56. The van der Waals surface area contributed by atoms with Crippen LogP contribution in [0.5, 0.6) is 0 Å². The number of aromatic amines is 1. The monoisotopic (exact) mass is 208 g/mol. The Labute approximate surface area is 88.6 Å². The van der Waals surface area contributed by atoms with E-state index < -0.39 is 0 Å². The highest BCUT2D eigenvalue weighted by molar-refractivity contribution is 5.91. The number of aromatic nitrogens is 2. The van der Waals surface area contributed by atoms with Crippen LogP contribution < -0.4 is 10.6 Å². The average Bonchev–Trinajstić information content (AvgIpc) is 2.65. The van der Waals surface area contributed by atoms with Crippen LogP contribution in [0, 0.1) is 12.8 Å². The van der Waals surface area contributed by atoms with Crippen molar-refractivity contribution < 1.29 is 4.79 Å². The van der Waals surface area contributed by atoms with Gasteiger partial charge in [0.1, 0.15) is 0 Å². The second-order valence-corrected chi connectivity index (χ2v) is 3.97. The molecule has 0 radical (unpaired) electrons. The van der Waals surface area contributed by atoms with E-state index in [4.69, 9.17) is 0 Å². The number of amides is 1. The van der Waals surface area contributed by atoms with Gasteiger partial charge >= 0.3 is 0 Å². The van der Waals surface area contributed by atoms with Gasteiger partial charge in [0, 0.05) is 18.3 Å². The van der Waals surface area contributed by atoms with Gasteiger partial charge in [-0.15, -0.1) is 0 Å². The molecule has 0 unspecified atom stereocenters. The van der Waals surface area contributed by atoms with E-state index in [9.17, 15) is 4.79 Å². The summed E-state index contributed by atoms with van der Waals surface area (Å²) in [7, 11) is 0. The summed E-state index contributed by atoms with van der Waals surface area (Å²) in [5.74, 6) is 0.757. The third-order valence-corrected chi connectivity index (χ3v) is 2.62. The molecule has 0 aliphatic carbocycles. The first-order valence-corrected chi connectivity index (χ1v) is 5.29. The zero-order valence-corrected chi connectivity index (χ0v) is 8.84. The molecule has 0 bridgehead atoms. The van der Waals surface area contributed by atoms with Crippen molar-refractivity contribution in [3.05, 3.63) is 11.8 Å². The van der Waals surface area contributed by atoms with Gasteiger partial charge in [0.15, 0.2) is 5.82 Å². The molecule has 1 saturated heterocycles. The summed E-state index contributed by atoms with van der Waals surface area (Å²) < 4.78 is 0. The van der Waals surface area contributed by atoms with E-state index in [-0.39, 0.29) is 11.8 Å². The van der Waals surface area contributed by atoms with Crippen LogP contribution in [0.15, 0.2) is 6.07 Å². The van der Waals surface area contributed by atoms with Crippen LogP contribution in [0.3, 0.4) is 0 Å². The Kier molecular flexibility index (Phi) is 3.01. The van der Waals surface area contributed by atoms with Crippen molar-refractivity contribution in [2.45, 2.75) is 19.8 Å². The second kappa shape index (κ2) is 4.44. The molecule has 0 saturated carbocycles. The normalized spacial score (nSPS) is 21.3. The van der Waals surface area contributed by atoms with Crippen LogP contribution in [0.2, 0.25) is 0 Å². The maximum absolute atomic E-state index is 11.8. The van der Waals surface area contributed by atoms with Crippen LogP contribution in [-0.2, 0) is 4.79 Å². The molecule has 5 heteroatoms. The molecule has 1 aromatic rings. The summed E-state index contributed by atoms with van der Waals surface area (Å²) in [5.41, 5.74) is 0.951. The first-order chi connectivity index (χ1) is 7.25. The molecule has 82 valence electrons. The van der Waals surface area contributed by atoms with E-state index in [1.54, 1.807) is 0 Å². The Morgan fingerprint density at radius 1 is 1.67 bits per heavy atom. The lowest BCUT2D eigenvalue weighted by Crippen LogP contribution is -2.37. The zero-order valence-electron chi connectivity index (χ0n) is 8.84. The topological polar surface area (TPSA) is 69.8 Å². The van der Waals surface area contributed by atoms with E-state index in [1.165, 1.54) is 0 Å². The number of anilines is 1. The lowest BCUT2D eigenvalue weighted by molar-refractivity contribution is -0.120. The van der Waals surface area contributed by atoms with Gasteiger partial charge in [0.2, 0.25) is 5.91 Å². The van der Waals surface area contributed by atoms with Crippen molar-refractivity contribution in [1.29, 1.82) is 0 Å². The van der Waals surface area contributed by atoms with Crippen LogP contribution >= 0.6 is 0 Å². The molecule has 1 aliphatic heterocycles. The predicted molar refractivity (Wildman–Crippen MR) is 57.5 cm³/mol. The summed E-state index contributed by atoms with van der Waals surface area (Å²) in [4.78, 5) is 11.8. The maximum atomic E-state index is 11.8. The summed E-state index contributed by atoms with van der Waals surface area (Å²) in [6, 6.07) is 1.83. The molecule has 1 fully saturated rings. The van der Waals surface area contributed by atoms with Gasteiger partial charge in [0.25, 0.3) is 0 Å². The van der Waals surface area contributed by atoms with Crippen molar-refractivity contribution >= 4 is 11.7 Å². The molecular weight excluding hydrogens is 192 g/mol. The molecule has 2 heterocycles. The Morgan fingerprint density at radius 3 is 3.13 bits per heavy atom. The smallest absolute Gasteiger partial charge is 0.229 e. The SMILES string of the molecule is Cc1cc(NC(=O)[C@@H]2CCCNC2)n[nH]1. The second-order valence-electron chi connectivity index (χ2n) is 3.97. The van der Waals surface area contributed by atoms with E-state index in [1.807, 2.05) is 13.0 Å². The summed E-state index contributed by atoms with van der Waals surface area (Å²) in [6.07, 6.45) is 2.03. The van der Waals surface area contributed by atoms with Crippen LogP contribution in [0.25, 0.3) is 0 Å². The lowest BCUT2D eigenvalue weighted by atomic mass is 9.99. The molecular formula is C10H16N4O. The first kappa shape index (κ1) is 10.2. The standard InChI is InChI=1S/C10H16N4O/c1-7-5-9(14-13-7)12-10(15)8-3-2-4-11-6-8/h5,8,11H,2-4,6H2,1H3,(H2,12,13,14,15)/t8-/m1/s1. The number of nitrogens with zero attached hydrogens (tertiary/aromatic N) is 1. The van der Waals surface area contributed by atoms with Gasteiger partial charge in [0.05, 0.1) is 5.92 Å². The highest BCUT2D eigenvalue weighted by Crippen LogP contribution is 2.13. The fourth-order valence-corrected chi connectivity index (χ4v) is 1.79. The minimum atomic E-state index is 0.0636. The number of H-pyrrole nitrogens is 1. The number of carbonyl (C=O) groups is 1. The predicted octanol–water partition coefficient (Wildman–Crippen LogP) is 0.656. The van der Waals surface area contributed by atoms with Gasteiger partial charge < -0.3 is 10.6 Å². The van der Waals surface area contributed by atoms with Crippen LogP contribution in [0.4, 0.5) is 5.82 Å². The van der Waals surface area contributed by atoms with Crippen molar-refractivity contribution in [1.82, 2.24) is 15.5 Å². The average molecular weight is 208 g/mol. The van der Waals surface area contributed by atoms with E-state index in [0.29, 0.717) is 5.82 Å². The van der Waals surface area contributed by atoms with Gasteiger partial charge in [-0.25, -0.2) is 0 Å². The van der Waals surface area contributed by atoms with E-state index in [2.05, 4.69) is 20.8 Å². The van der Waals surface area contributed by atoms with Gasteiger partial charge in [-0.2, -0.15) is 5.10 Å². The Morgan fingerprint density at radius 2 is 2.53 bits per heavy atom. The molecule has 2 rings (SSSR count). The van der Waals surface area contributed by atoms with Gasteiger partial charge in [-0.1, -0.05) is 0 Å². The number of aryl methyl sites for hydroxylation is 1. The molecule has 0 spiro atoms. The Balaban J connectivity index is 1.91. The zero-order chi connectivity index (χ0) is 10.7. The van der Waals surface area contributed by atoms with Gasteiger partial charge in [-0.05, 0) is 26.3 Å². The third-order valence-electron chi connectivity index (χ3n) is 2.62. The highest BCUT2D eigenvalue weighted by Gasteiger charge is 2.21. The van der Waals surface area contributed by atoms with Crippen molar-refractivity contribution in [3.63, 3.8) is 0 Å². The largest absolute Gasteiger partial charge is 0.316 e. The fourth-order valence-electron chi connectivity index (χ4n) is 1.79. The fraction of sp³-hybridized carbons (Fsp3) is 0.600. The number of nitrogens with one attached hydrogen (secondary N) is 3. The summed E-state index contributed by atoms with van der Waals surface area (Å²) in [5, 5.41) is 12.8. The number of piperidine rings is 1. The number of hydrogen-bond acceptors (Lipinski definition) is 3. The van der Waals surface area contributed by atoms with Gasteiger partial charge in [-0.3, -0.25) is 9.89 Å². The molecule has 15 heavy (non-hydrogen) atoms. The van der Waals surface area contributed by atoms with Crippen LogP contribution in [0.1, 0.15) is 18.5 Å². The number of carbonyl (C=O) groups excluding carboxylic acids is 1. The first-order valence-electron chi connectivity index (χ1n) is 5.29. The summed E-state index contributed by atoms with van der Waals surface area (Å²) >= 11 is 0. The van der Waals surface area contributed by atoms with E-state index >= 15 is 0 Å². The van der Waals surface area contributed by atoms with Crippen molar-refractivity contribution in [2.75, 3.05) is 18.4 Å². The summed E-state index contributed by atoms with van der Waals surface area (Å²) in [6.45, 7) is 3.70. The molecule has 1 aliphatic rings. The molecule has 1 amide bonds. The van der Waals surface area contributed by atoms with Crippen LogP contribution in [-0.4, -0.2) is 29.2 Å².